The minimum Gasteiger partial charge on any atom is -0.379 e. The third kappa shape index (κ3) is 5.30. The molecule has 28 heavy (non-hydrogen) atoms. The molecule has 0 radical (unpaired) electrons. The van der Waals surface area contributed by atoms with Gasteiger partial charge in [-0.1, -0.05) is 6.07 Å². The number of anilines is 1. The Bertz CT molecular complexity index is 857. The van der Waals surface area contributed by atoms with Gasteiger partial charge in [-0.25, -0.2) is 13.8 Å². The van der Waals surface area contributed by atoms with E-state index in [9.17, 15) is 18.4 Å². The molecular weight excluding hydrogens is 370 g/mol. The highest BCUT2D eigenvalue weighted by atomic mass is 19.2. The van der Waals surface area contributed by atoms with Gasteiger partial charge in [0.1, 0.15) is 11.4 Å². The zero-order valence-corrected chi connectivity index (χ0v) is 15.1. The van der Waals surface area contributed by atoms with Crippen molar-refractivity contribution in [2.24, 2.45) is 0 Å². The van der Waals surface area contributed by atoms with Crippen molar-refractivity contribution in [1.29, 1.82) is 0 Å². The van der Waals surface area contributed by atoms with Gasteiger partial charge in [-0.15, -0.1) is 0 Å². The lowest BCUT2D eigenvalue weighted by Crippen LogP contribution is -2.41. The third-order valence-electron chi connectivity index (χ3n) is 4.21. The number of nitrogens with one attached hydrogen (secondary N) is 2. The molecule has 7 nitrogen and oxygen atoms in total. The van der Waals surface area contributed by atoms with E-state index >= 15 is 0 Å². The molecule has 1 fully saturated rings. The van der Waals surface area contributed by atoms with Crippen LogP contribution < -0.4 is 10.6 Å². The maximum Gasteiger partial charge on any atom is 0.274 e. The first-order valence-corrected chi connectivity index (χ1v) is 8.85. The van der Waals surface area contributed by atoms with Crippen LogP contribution in [0.25, 0.3) is 0 Å². The summed E-state index contributed by atoms with van der Waals surface area (Å²) in [6, 6.07) is 7.48. The summed E-state index contributed by atoms with van der Waals surface area (Å²) in [5.41, 5.74) is 0.177. The van der Waals surface area contributed by atoms with Crippen molar-refractivity contribution in [2.75, 3.05) is 44.7 Å². The summed E-state index contributed by atoms with van der Waals surface area (Å²) in [4.78, 5) is 30.8. The first kappa shape index (κ1) is 19.8. The summed E-state index contributed by atoms with van der Waals surface area (Å²) < 4.78 is 31.5. The van der Waals surface area contributed by atoms with Crippen molar-refractivity contribution in [3.8, 4) is 0 Å². The zero-order chi connectivity index (χ0) is 19.9. The molecule has 1 aliphatic rings. The Hall–Kier alpha value is -2.91. The number of nitrogens with zero attached hydrogens (tertiary/aromatic N) is 2. The van der Waals surface area contributed by atoms with Crippen molar-refractivity contribution < 1.29 is 23.1 Å². The quantitative estimate of drug-likeness (QED) is 0.784. The highest BCUT2D eigenvalue weighted by Crippen LogP contribution is 2.14. The Morgan fingerprint density at radius 3 is 2.46 bits per heavy atom. The molecule has 0 bridgehead atoms. The molecule has 2 amide bonds. The van der Waals surface area contributed by atoms with E-state index in [1.807, 2.05) is 0 Å². The van der Waals surface area contributed by atoms with E-state index in [0.717, 1.165) is 25.2 Å². The summed E-state index contributed by atoms with van der Waals surface area (Å²) in [5, 5.41) is 5.19. The molecule has 2 aromatic rings. The number of rotatable bonds is 6. The lowest BCUT2D eigenvalue weighted by atomic mass is 10.2. The summed E-state index contributed by atoms with van der Waals surface area (Å²) in [7, 11) is 0. The van der Waals surface area contributed by atoms with E-state index in [4.69, 9.17) is 4.74 Å². The van der Waals surface area contributed by atoms with Crippen LogP contribution in [-0.2, 0) is 4.74 Å². The third-order valence-corrected chi connectivity index (χ3v) is 4.21. The van der Waals surface area contributed by atoms with Crippen LogP contribution in [0.2, 0.25) is 0 Å². The van der Waals surface area contributed by atoms with Gasteiger partial charge in [-0.2, -0.15) is 0 Å². The summed E-state index contributed by atoms with van der Waals surface area (Å²) in [5.74, 6) is -3.10. The highest BCUT2D eigenvalue weighted by molar-refractivity contribution is 6.03. The number of morpholine rings is 1. The normalized spacial score (nSPS) is 14.5. The van der Waals surface area contributed by atoms with Gasteiger partial charge in [-0.05, 0) is 24.3 Å². The van der Waals surface area contributed by atoms with Crippen molar-refractivity contribution in [3.63, 3.8) is 0 Å². The van der Waals surface area contributed by atoms with Gasteiger partial charge in [0.2, 0.25) is 0 Å². The Balaban J connectivity index is 1.56. The fourth-order valence-corrected chi connectivity index (χ4v) is 2.70. The fraction of sp³-hybridized carbons (Fsp3) is 0.316. The minimum atomic E-state index is -1.07. The zero-order valence-electron chi connectivity index (χ0n) is 15.1. The van der Waals surface area contributed by atoms with Crippen molar-refractivity contribution in [3.05, 3.63) is 59.4 Å². The lowest BCUT2D eigenvalue weighted by Gasteiger charge is -2.26. The summed E-state index contributed by atoms with van der Waals surface area (Å²) in [6.45, 7) is 4.17. The maximum absolute atomic E-state index is 13.2. The predicted octanol–water partition coefficient (Wildman–Crippen LogP) is 1.67. The van der Waals surface area contributed by atoms with Crippen LogP contribution >= 0.6 is 0 Å². The minimum absolute atomic E-state index is 0.00874. The number of hydrogen-bond donors (Lipinski definition) is 2. The number of carbonyl (C=O) groups excluding carboxylic acids is 2. The molecule has 0 spiro atoms. The Morgan fingerprint density at radius 2 is 1.75 bits per heavy atom. The monoisotopic (exact) mass is 390 g/mol. The van der Waals surface area contributed by atoms with E-state index in [-0.39, 0.29) is 17.1 Å². The number of amides is 2. The molecule has 2 N–H and O–H groups in total. The van der Waals surface area contributed by atoms with Crippen LogP contribution in [0.1, 0.15) is 21.0 Å². The SMILES string of the molecule is O=C(NCCN1CCOCC1)c1cccc(C(=O)Nc2ccc(F)c(F)c2)n1. The van der Waals surface area contributed by atoms with Gasteiger partial charge < -0.3 is 15.4 Å². The van der Waals surface area contributed by atoms with E-state index in [0.29, 0.717) is 26.3 Å². The van der Waals surface area contributed by atoms with Gasteiger partial charge in [0.15, 0.2) is 11.6 Å². The van der Waals surface area contributed by atoms with E-state index in [1.165, 1.54) is 24.3 Å². The molecule has 1 aromatic heterocycles. The summed E-state index contributed by atoms with van der Waals surface area (Å²) >= 11 is 0. The Labute approximate surface area is 160 Å². The fourth-order valence-electron chi connectivity index (χ4n) is 2.70. The topological polar surface area (TPSA) is 83.6 Å². The predicted molar refractivity (Wildman–Crippen MR) is 98.1 cm³/mol. The standard InChI is InChI=1S/C19H20F2N4O3/c20-14-5-4-13(12-15(14)21)23-19(27)17-3-1-2-16(24-17)18(26)22-6-7-25-8-10-28-11-9-25/h1-5,12H,6-11H2,(H,22,26)(H,23,27). The molecule has 9 heteroatoms. The largest absolute Gasteiger partial charge is 0.379 e. The second kappa shape index (κ2) is 9.34. The molecule has 1 saturated heterocycles. The van der Waals surface area contributed by atoms with Crippen LogP contribution in [-0.4, -0.2) is 61.1 Å². The molecular formula is C19H20F2N4O3. The average molecular weight is 390 g/mol. The first-order chi connectivity index (χ1) is 13.5. The second-order valence-corrected chi connectivity index (χ2v) is 6.20. The van der Waals surface area contributed by atoms with Crippen LogP contribution in [0.5, 0.6) is 0 Å². The van der Waals surface area contributed by atoms with Gasteiger partial charge in [0, 0.05) is 37.9 Å². The van der Waals surface area contributed by atoms with Crippen LogP contribution in [0.3, 0.4) is 0 Å². The number of halogens is 2. The average Bonchev–Trinajstić information content (AvgIpc) is 2.71. The van der Waals surface area contributed by atoms with E-state index in [1.54, 1.807) is 0 Å². The van der Waals surface area contributed by atoms with Crippen molar-refractivity contribution in [1.82, 2.24) is 15.2 Å². The molecule has 148 valence electrons. The maximum atomic E-state index is 13.2. The van der Waals surface area contributed by atoms with Crippen LogP contribution in [0.4, 0.5) is 14.5 Å². The van der Waals surface area contributed by atoms with Crippen LogP contribution in [0, 0.1) is 11.6 Å². The molecule has 0 atom stereocenters. The number of hydrogen-bond acceptors (Lipinski definition) is 5. The molecule has 0 aliphatic carbocycles. The van der Waals surface area contributed by atoms with Gasteiger partial charge in [-0.3, -0.25) is 14.5 Å². The molecule has 3 rings (SSSR count). The second-order valence-electron chi connectivity index (χ2n) is 6.20. The van der Waals surface area contributed by atoms with Crippen LogP contribution in [0.15, 0.2) is 36.4 Å². The molecule has 0 saturated carbocycles. The number of carbonyl (C=O) groups is 2. The number of ether oxygens (including phenoxy) is 1. The summed E-state index contributed by atoms with van der Waals surface area (Å²) in [6.07, 6.45) is 0. The van der Waals surface area contributed by atoms with Gasteiger partial charge in [0.25, 0.3) is 11.8 Å². The van der Waals surface area contributed by atoms with Gasteiger partial charge in [0.05, 0.1) is 13.2 Å². The van der Waals surface area contributed by atoms with Crippen molar-refractivity contribution in [2.45, 2.75) is 0 Å². The lowest BCUT2D eigenvalue weighted by molar-refractivity contribution is 0.0383. The highest BCUT2D eigenvalue weighted by Gasteiger charge is 2.14. The molecule has 1 aliphatic heterocycles. The number of benzene rings is 1. The number of aromatic nitrogens is 1. The van der Waals surface area contributed by atoms with Gasteiger partial charge >= 0.3 is 0 Å². The van der Waals surface area contributed by atoms with E-state index < -0.39 is 23.4 Å². The first-order valence-electron chi connectivity index (χ1n) is 8.85. The smallest absolute Gasteiger partial charge is 0.274 e. The molecule has 2 heterocycles. The molecule has 1 aromatic carbocycles. The van der Waals surface area contributed by atoms with Crippen molar-refractivity contribution >= 4 is 17.5 Å². The number of pyridine rings is 1. The Morgan fingerprint density at radius 1 is 1.04 bits per heavy atom. The molecule has 0 unspecified atom stereocenters. The van der Waals surface area contributed by atoms with E-state index in [2.05, 4.69) is 20.5 Å². The Kier molecular flexibility index (Phi) is 6.62.